The molecule has 0 bridgehead atoms. The van der Waals surface area contributed by atoms with Gasteiger partial charge in [0, 0.05) is 18.7 Å². The van der Waals surface area contributed by atoms with Crippen LogP contribution in [-0.4, -0.2) is 60.5 Å². The summed E-state index contributed by atoms with van der Waals surface area (Å²) in [6, 6.07) is 15.6. The van der Waals surface area contributed by atoms with Gasteiger partial charge in [0.25, 0.3) is 11.1 Å². The van der Waals surface area contributed by atoms with E-state index in [0.717, 1.165) is 27.7 Å². The van der Waals surface area contributed by atoms with Gasteiger partial charge in [0.05, 0.1) is 27.9 Å². The molecule has 1 N–H and O–H groups in total. The number of nitrogens with zero attached hydrogens (tertiary/aromatic N) is 5. The standard InChI is InChI=1S/C25H19FN6O3S2/c26-19-9-5-4-6-16(19)12-20-24(34)31(25(35)37-20)11-10-27-21(33)14-36-23-18-13-30-32(22(18)28-15-29-23)17-7-2-1-3-8-17/h1-9,12-13,15H,10-11,14H2,(H,27,33)/b20-12+. The van der Waals surface area contributed by atoms with Gasteiger partial charge in [0.2, 0.25) is 5.91 Å². The van der Waals surface area contributed by atoms with Crippen LogP contribution in [0.25, 0.3) is 22.8 Å². The number of hydrogen-bond acceptors (Lipinski definition) is 8. The molecule has 0 spiro atoms. The molecule has 1 aliphatic heterocycles. The summed E-state index contributed by atoms with van der Waals surface area (Å²) < 4.78 is 15.6. The summed E-state index contributed by atoms with van der Waals surface area (Å²) in [4.78, 5) is 47.1. The number of carbonyl (C=O) groups excluding carboxylic acids is 3. The van der Waals surface area contributed by atoms with Crippen molar-refractivity contribution in [2.75, 3.05) is 18.8 Å². The van der Waals surface area contributed by atoms with Gasteiger partial charge in [-0.05, 0) is 36.0 Å². The van der Waals surface area contributed by atoms with Crippen molar-refractivity contribution < 1.29 is 18.8 Å². The molecule has 12 heteroatoms. The van der Waals surface area contributed by atoms with Crippen molar-refractivity contribution in [1.82, 2.24) is 30.0 Å². The van der Waals surface area contributed by atoms with E-state index in [4.69, 9.17) is 0 Å². The van der Waals surface area contributed by atoms with Crippen LogP contribution < -0.4 is 5.32 Å². The lowest BCUT2D eigenvalue weighted by Gasteiger charge is -2.13. The van der Waals surface area contributed by atoms with Crippen molar-refractivity contribution in [2.45, 2.75) is 5.03 Å². The highest BCUT2D eigenvalue weighted by molar-refractivity contribution is 8.18. The first-order valence-electron chi connectivity index (χ1n) is 11.1. The minimum atomic E-state index is -0.513. The van der Waals surface area contributed by atoms with Gasteiger partial charge in [0.1, 0.15) is 17.2 Å². The molecule has 3 heterocycles. The van der Waals surface area contributed by atoms with E-state index < -0.39 is 17.0 Å². The number of carbonyl (C=O) groups is 3. The summed E-state index contributed by atoms with van der Waals surface area (Å²) in [6.45, 7) is 0.104. The minimum Gasteiger partial charge on any atom is -0.354 e. The molecule has 1 aliphatic rings. The molecule has 3 amide bonds. The number of para-hydroxylation sites is 1. The highest BCUT2D eigenvalue weighted by Crippen LogP contribution is 2.32. The molecule has 186 valence electrons. The largest absolute Gasteiger partial charge is 0.354 e. The molecule has 2 aromatic heterocycles. The number of benzene rings is 2. The van der Waals surface area contributed by atoms with Crippen LogP contribution in [0, 0.1) is 5.82 Å². The summed E-state index contributed by atoms with van der Waals surface area (Å²) in [5, 5.41) is 8.00. The molecule has 0 unspecified atom stereocenters. The molecule has 0 atom stereocenters. The maximum atomic E-state index is 13.9. The summed E-state index contributed by atoms with van der Waals surface area (Å²) in [6.07, 6.45) is 4.45. The highest BCUT2D eigenvalue weighted by atomic mass is 32.2. The Bertz CT molecular complexity index is 1530. The van der Waals surface area contributed by atoms with Crippen molar-refractivity contribution in [3.05, 3.63) is 83.4 Å². The van der Waals surface area contributed by atoms with Crippen molar-refractivity contribution in [3.8, 4) is 5.69 Å². The van der Waals surface area contributed by atoms with Crippen LogP contribution in [0.4, 0.5) is 9.18 Å². The summed E-state index contributed by atoms with van der Waals surface area (Å²) in [5.41, 5.74) is 1.72. The molecule has 9 nitrogen and oxygen atoms in total. The first-order chi connectivity index (χ1) is 18.0. The zero-order valence-corrected chi connectivity index (χ0v) is 20.8. The average molecular weight is 535 g/mol. The van der Waals surface area contributed by atoms with Crippen LogP contribution in [0.2, 0.25) is 0 Å². The van der Waals surface area contributed by atoms with Crippen LogP contribution in [0.3, 0.4) is 0 Å². The number of imide groups is 1. The van der Waals surface area contributed by atoms with Gasteiger partial charge in [-0.2, -0.15) is 5.10 Å². The quantitative estimate of drug-likeness (QED) is 0.206. The van der Waals surface area contributed by atoms with E-state index >= 15 is 0 Å². The van der Waals surface area contributed by atoms with Crippen molar-refractivity contribution >= 4 is 57.7 Å². The van der Waals surface area contributed by atoms with Crippen LogP contribution in [0.5, 0.6) is 0 Å². The number of aromatic nitrogens is 4. The van der Waals surface area contributed by atoms with Gasteiger partial charge in [-0.1, -0.05) is 48.2 Å². The molecule has 0 saturated carbocycles. The van der Waals surface area contributed by atoms with E-state index in [1.807, 2.05) is 30.3 Å². The lowest BCUT2D eigenvalue weighted by Crippen LogP contribution is -2.37. The predicted octanol–water partition coefficient (Wildman–Crippen LogP) is 3.90. The van der Waals surface area contributed by atoms with Crippen LogP contribution in [-0.2, 0) is 9.59 Å². The van der Waals surface area contributed by atoms with Crippen molar-refractivity contribution in [1.29, 1.82) is 0 Å². The van der Waals surface area contributed by atoms with Crippen LogP contribution in [0.1, 0.15) is 5.56 Å². The van der Waals surface area contributed by atoms with Gasteiger partial charge in [-0.3, -0.25) is 19.3 Å². The Morgan fingerprint density at radius 3 is 2.68 bits per heavy atom. The molecule has 37 heavy (non-hydrogen) atoms. The third kappa shape index (κ3) is 5.39. The van der Waals surface area contributed by atoms with Crippen molar-refractivity contribution in [2.24, 2.45) is 0 Å². The molecule has 5 rings (SSSR count). The second-order valence-electron chi connectivity index (χ2n) is 7.80. The number of thioether (sulfide) groups is 2. The van der Waals surface area contributed by atoms with Gasteiger partial charge in [-0.15, -0.1) is 0 Å². The van der Waals surface area contributed by atoms with Gasteiger partial charge >= 0.3 is 0 Å². The topological polar surface area (TPSA) is 110 Å². The Balaban J connectivity index is 1.15. The number of nitrogens with one attached hydrogen (secondary N) is 1. The average Bonchev–Trinajstić information content (AvgIpc) is 3.46. The zero-order chi connectivity index (χ0) is 25.8. The Kier molecular flexibility index (Phi) is 7.28. The molecular weight excluding hydrogens is 515 g/mol. The Hall–Kier alpha value is -4.03. The Morgan fingerprint density at radius 2 is 1.86 bits per heavy atom. The smallest absolute Gasteiger partial charge is 0.293 e. The van der Waals surface area contributed by atoms with E-state index in [1.54, 1.807) is 23.0 Å². The SMILES string of the molecule is O=C(CSc1ncnc2c1cnn2-c1ccccc1)NCCN1C(=O)S/C(=C/c2ccccc2F)C1=O. The summed E-state index contributed by atoms with van der Waals surface area (Å²) >= 11 is 1.99. The van der Waals surface area contributed by atoms with E-state index in [-0.39, 0.29) is 35.2 Å². The first-order valence-corrected chi connectivity index (χ1v) is 12.9. The Morgan fingerprint density at radius 1 is 1.08 bits per heavy atom. The maximum Gasteiger partial charge on any atom is 0.293 e. The number of rotatable bonds is 8. The monoisotopic (exact) mass is 534 g/mol. The lowest BCUT2D eigenvalue weighted by molar-refractivity contribution is -0.123. The number of halogens is 1. The van der Waals surface area contributed by atoms with Gasteiger partial charge < -0.3 is 5.32 Å². The normalized spacial score (nSPS) is 14.6. The fourth-order valence-electron chi connectivity index (χ4n) is 3.61. The van der Waals surface area contributed by atoms with Gasteiger partial charge in [0.15, 0.2) is 5.65 Å². The zero-order valence-electron chi connectivity index (χ0n) is 19.2. The first kappa shape index (κ1) is 24.7. The second-order valence-corrected chi connectivity index (χ2v) is 9.76. The third-order valence-electron chi connectivity index (χ3n) is 5.39. The van der Waals surface area contributed by atoms with Crippen molar-refractivity contribution in [3.63, 3.8) is 0 Å². The summed E-state index contributed by atoms with van der Waals surface area (Å²) in [5.74, 6) is -1.19. The molecule has 1 saturated heterocycles. The second kappa shape index (κ2) is 10.9. The van der Waals surface area contributed by atoms with Crippen LogP contribution >= 0.6 is 23.5 Å². The third-order valence-corrected chi connectivity index (χ3v) is 7.31. The lowest BCUT2D eigenvalue weighted by atomic mass is 10.2. The van der Waals surface area contributed by atoms with E-state index in [9.17, 15) is 18.8 Å². The van der Waals surface area contributed by atoms with E-state index in [1.165, 1.54) is 36.3 Å². The fourth-order valence-corrected chi connectivity index (χ4v) is 5.26. The number of hydrogen-bond donors (Lipinski definition) is 1. The molecule has 4 aromatic rings. The minimum absolute atomic E-state index is 0.0112. The van der Waals surface area contributed by atoms with Crippen LogP contribution in [0.15, 0.2) is 77.1 Å². The fraction of sp³-hybridized carbons (Fsp3) is 0.120. The predicted molar refractivity (Wildman–Crippen MR) is 139 cm³/mol. The number of amides is 3. The Labute approximate surface area is 219 Å². The number of fused-ring (bicyclic) bond motifs is 1. The maximum absolute atomic E-state index is 13.9. The van der Waals surface area contributed by atoms with E-state index in [2.05, 4.69) is 20.4 Å². The van der Waals surface area contributed by atoms with Gasteiger partial charge in [-0.25, -0.2) is 19.0 Å². The molecule has 0 radical (unpaired) electrons. The van der Waals surface area contributed by atoms with E-state index in [0.29, 0.717) is 10.7 Å². The molecule has 1 fully saturated rings. The highest BCUT2D eigenvalue weighted by Gasteiger charge is 2.34. The molecular formula is C25H19FN6O3S2. The summed E-state index contributed by atoms with van der Waals surface area (Å²) in [7, 11) is 0. The molecule has 2 aromatic carbocycles. The molecule has 0 aliphatic carbocycles.